The highest BCUT2D eigenvalue weighted by molar-refractivity contribution is 6.16. The number of hydrogen-bond acceptors (Lipinski definition) is 9. The van der Waals surface area contributed by atoms with Gasteiger partial charge in [0.2, 0.25) is 0 Å². The van der Waals surface area contributed by atoms with Crippen molar-refractivity contribution in [3.63, 3.8) is 0 Å². The third kappa shape index (κ3) is 6.08. The summed E-state index contributed by atoms with van der Waals surface area (Å²) < 4.78 is 11.6. The first kappa shape index (κ1) is 29.7. The summed E-state index contributed by atoms with van der Waals surface area (Å²) in [6, 6.07) is 25.1. The normalized spacial score (nSPS) is 19.5. The van der Waals surface area contributed by atoms with Gasteiger partial charge in [-0.25, -0.2) is 9.97 Å². The summed E-state index contributed by atoms with van der Waals surface area (Å²) in [6.07, 6.45) is 6.75. The molecule has 47 heavy (non-hydrogen) atoms. The molecule has 0 atom stereocenters. The summed E-state index contributed by atoms with van der Waals surface area (Å²) in [5, 5.41) is 0. The summed E-state index contributed by atoms with van der Waals surface area (Å²) in [4.78, 5) is 34.4. The first-order valence-electron chi connectivity index (χ1n) is 16.6. The molecule has 238 valence electrons. The number of ether oxygens (including phenoxy) is 2. The fourth-order valence-electron chi connectivity index (χ4n) is 7.10. The average molecular weight is 627 g/mol. The minimum Gasteiger partial charge on any atom is -0.356 e. The molecule has 9 nitrogen and oxygen atoms in total. The Kier molecular flexibility index (Phi) is 8.09. The van der Waals surface area contributed by atoms with Gasteiger partial charge < -0.3 is 19.3 Å². The quantitative estimate of drug-likeness (QED) is 0.301. The zero-order valence-corrected chi connectivity index (χ0v) is 26.5. The first-order chi connectivity index (χ1) is 23.1. The van der Waals surface area contributed by atoms with Gasteiger partial charge in [-0.3, -0.25) is 14.8 Å². The van der Waals surface area contributed by atoms with E-state index < -0.39 is 0 Å². The van der Waals surface area contributed by atoms with E-state index in [1.54, 1.807) is 0 Å². The van der Waals surface area contributed by atoms with Crippen LogP contribution in [0.1, 0.15) is 59.1 Å². The van der Waals surface area contributed by atoms with Crippen molar-refractivity contribution < 1.29 is 14.3 Å². The van der Waals surface area contributed by atoms with Crippen LogP contribution in [0.2, 0.25) is 0 Å². The number of carbonyl (C=O) groups is 1. The number of nitrogens with zero attached hydrogens (tertiary/aromatic N) is 6. The van der Waals surface area contributed by atoms with Gasteiger partial charge in [0, 0.05) is 86.5 Å². The van der Waals surface area contributed by atoms with Crippen LogP contribution in [0.25, 0.3) is 0 Å². The van der Waals surface area contributed by atoms with Crippen molar-refractivity contribution in [3.8, 4) is 0 Å². The van der Waals surface area contributed by atoms with Crippen LogP contribution in [0.4, 0.5) is 11.6 Å². The lowest BCUT2D eigenvalue weighted by Crippen LogP contribution is -2.45. The molecule has 2 aromatic carbocycles. The standard InChI is InChI=1S/C20H21N3O2.C18H17N3O/c1-2-4-17-16(3-1)14-22-19(17)15-5-8-21-18(13-15)23-9-6-20(7-10-23)24-11-12-25-20;22-15-6-9-21(10-7-15)17-11-13(5-8-19-17)18-16-4-2-1-3-14(16)12-20-18/h1-5,8,13H,6-7,9-12,14H2;1-5,8,11H,6-7,9-10,12H2. The molecule has 0 aliphatic carbocycles. The van der Waals surface area contributed by atoms with Crippen molar-refractivity contribution in [1.29, 1.82) is 0 Å². The smallest absolute Gasteiger partial charge is 0.171 e. The third-order valence-corrected chi connectivity index (χ3v) is 9.71. The molecule has 0 N–H and O–H groups in total. The van der Waals surface area contributed by atoms with Crippen LogP contribution in [0, 0.1) is 0 Å². The maximum atomic E-state index is 11.4. The zero-order valence-electron chi connectivity index (χ0n) is 26.5. The molecule has 0 amide bonds. The molecule has 1 spiro atoms. The maximum Gasteiger partial charge on any atom is 0.171 e. The number of ketones is 1. The molecular weight excluding hydrogens is 588 g/mol. The van der Waals surface area contributed by atoms with Crippen molar-refractivity contribution in [3.05, 3.63) is 119 Å². The molecule has 0 bridgehead atoms. The second kappa shape index (κ2) is 12.8. The summed E-state index contributed by atoms with van der Waals surface area (Å²) in [7, 11) is 0. The van der Waals surface area contributed by atoms with Gasteiger partial charge in [0.15, 0.2) is 5.79 Å². The predicted octanol–water partition coefficient (Wildman–Crippen LogP) is 5.38. The number of hydrogen-bond donors (Lipinski definition) is 0. The van der Waals surface area contributed by atoms with E-state index in [0.29, 0.717) is 31.8 Å². The van der Waals surface area contributed by atoms with Crippen molar-refractivity contribution in [2.75, 3.05) is 49.2 Å². The van der Waals surface area contributed by atoms with E-state index in [4.69, 9.17) is 14.5 Å². The van der Waals surface area contributed by atoms with Crippen LogP contribution < -0.4 is 9.80 Å². The number of aliphatic imine (C=N–C) groups is 2. The molecule has 9 heteroatoms. The number of benzene rings is 2. The highest BCUT2D eigenvalue weighted by atomic mass is 16.7. The lowest BCUT2D eigenvalue weighted by molar-refractivity contribution is -0.169. The van der Waals surface area contributed by atoms with Crippen LogP contribution in [0.3, 0.4) is 0 Å². The molecule has 0 saturated carbocycles. The van der Waals surface area contributed by atoms with E-state index in [1.807, 2.05) is 18.5 Å². The number of pyridine rings is 2. The van der Waals surface area contributed by atoms with Crippen LogP contribution in [0.15, 0.2) is 95.2 Å². The molecule has 0 radical (unpaired) electrons. The number of piperidine rings is 2. The Morgan fingerprint density at radius 2 is 1.11 bits per heavy atom. The van der Waals surface area contributed by atoms with Crippen LogP contribution in [-0.2, 0) is 27.4 Å². The van der Waals surface area contributed by atoms with E-state index in [1.165, 1.54) is 22.3 Å². The third-order valence-electron chi connectivity index (χ3n) is 9.71. The Morgan fingerprint density at radius 1 is 0.617 bits per heavy atom. The molecule has 2 aromatic heterocycles. The van der Waals surface area contributed by atoms with E-state index in [2.05, 4.69) is 91.5 Å². The second-order valence-electron chi connectivity index (χ2n) is 12.6. The maximum absolute atomic E-state index is 11.4. The fraction of sp³-hybridized carbons (Fsp3) is 0.342. The molecule has 3 saturated heterocycles. The Labute approximate surface area is 275 Å². The molecule has 3 fully saturated rings. The Hall–Kier alpha value is -4.73. The minimum atomic E-state index is -0.345. The van der Waals surface area contributed by atoms with E-state index in [0.717, 1.165) is 86.3 Å². The predicted molar refractivity (Wildman–Crippen MR) is 183 cm³/mol. The van der Waals surface area contributed by atoms with Crippen molar-refractivity contribution in [2.24, 2.45) is 9.98 Å². The van der Waals surface area contributed by atoms with Gasteiger partial charge in [0.05, 0.1) is 37.7 Å². The largest absolute Gasteiger partial charge is 0.356 e. The molecule has 4 aromatic rings. The van der Waals surface area contributed by atoms with Crippen molar-refractivity contribution >= 4 is 28.8 Å². The molecule has 7 heterocycles. The number of anilines is 2. The summed E-state index contributed by atoms with van der Waals surface area (Å²) in [5.74, 6) is 1.96. The Bertz CT molecular complexity index is 1840. The highest BCUT2D eigenvalue weighted by Crippen LogP contribution is 2.33. The monoisotopic (exact) mass is 626 g/mol. The SMILES string of the molecule is O=C1CCN(c2cc(C3=NCc4ccccc43)ccn2)CC1.c1ccc2c(c1)CN=C2c1ccnc(N2CCC3(CC2)OCCO3)c1. The van der Waals surface area contributed by atoms with Gasteiger partial charge in [-0.1, -0.05) is 48.5 Å². The van der Waals surface area contributed by atoms with Gasteiger partial charge in [0.25, 0.3) is 0 Å². The summed E-state index contributed by atoms with van der Waals surface area (Å²) >= 11 is 0. The van der Waals surface area contributed by atoms with Gasteiger partial charge in [0.1, 0.15) is 17.4 Å². The number of rotatable bonds is 4. The minimum absolute atomic E-state index is 0.345. The fourth-order valence-corrected chi connectivity index (χ4v) is 7.10. The number of aromatic nitrogens is 2. The highest BCUT2D eigenvalue weighted by Gasteiger charge is 2.40. The van der Waals surface area contributed by atoms with Crippen LogP contribution in [-0.4, -0.2) is 72.4 Å². The number of Topliss-reactive ketones (excluding diaryl/α,β-unsaturated/α-hetero) is 1. The summed E-state index contributed by atoms with van der Waals surface area (Å²) in [5.41, 5.74) is 9.40. The molecule has 5 aliphatic rings. The lowest BCUT2D eigenvalue weighted by Gasteiger charge is -2.38. The van der Waals surface area contributed by atoms with Crippen LogP contribution in [0.5, 0.6) is 0 Å². The van der Waals surface area contributed by atoms with Gasteiger partial charge in [-0.05, 0) is 35.4 Å². The number of carbonyl (C=O) groups excluding carboxylic acids is 1. The van der Waals surface area contributed by atoms with Crippen molar-refractivity contribution in [1.82, 2.24) is 9.97 Å². The molecule has 9 rings (SSSR count). The molecule has 5 aliphatic heterocycles. The van der Waals surface area contributed by atoms with Crippen LogP contribution >= 0.6 is 0 Å². The summed E-state index contributed by atoms with van der Waals surface area (Å²) in [6.45, 7) is 6.28. The lowest BCUT2D eigenvalue weighted by atomic mass is 10.0. The van der Waals surface area contributed by atoms with E-state index in [9.17, 15) is 4.79 Å². The Morgan fingerprint density at radius 3 is 1.64 bits per heavy atom. The zero-order chi connectivity index (χ0) is 31.6. The number of fused-ring (bicyclic) bond motifs is 2. The molecular formula is C38H38N6O3. The van der Waals surface area contributed by atoms with Gasteiger partial charge >= 0.3 is 0 Å². The average Bonchev–Trinajstić information content (AvgIpc) is 3.89. The second-order valence-corrected chi connectivity index (χ2v) is 12.6. The van der Waals surface area contributed by atoms with Gasteiger partial charge in [-0.2, -0.15) is 0 Å². The van der Waals surface area contributed by atoms with Crippen molar-refractivity contribution in [2.45, 2.75) is 44.6 Å². The molecule has 0 unspecified atom stereocenters. The first-order valence-corrected chi connectivity index (χ1v) is 16.6. The van der Waals surface area contributed by atoms with E-state index >= 15 is 0 Å². The Balaban J connectivity index is 0.000000139. The topological polar surface area (TPSA) is 92.5 Å². The van der Waals surface area contributed by atoms with E-state index in [-0.39, 0.29) is 5.79 Å². The van der Waals surface area contributed by atoms with Gasteiger partial charge in [-0.15, -0.1) is 0 Å².